The van der Waals surface area contributed by atoms with Crippen LogP contribution in [0.25, 0.3) is 11.0 Å². The van der Waals surface area contributed by atoms with Crippen molar-refractivity contribution in [3.8, 4) is 11.5 Å². The van der Waals surface area contributed by atoms with Crippen molar-refractivity contribution < 1.29 is 19.1 Å². The van der Waals surface area contributed by atoms with Crippen LogP contribution in [0.2, 0.25) is 0 Å². The first kappa shape index (κ1) is 26.5. The van der Waals surface area contributed by atoms with E-state index in [2.05, 4.69) is 27.7 Å². The smallest absolute Gasteiger partial charge is 0.243 e. The molecule has 1 saturated heterocycles. The standard InChI is InChI=1S/C29H38N4O4/c1-7-19(3)33(20(4)8-2)28(35)18-32-24-12-10-9-11-23(24)30-29(32)21-15-27(34)31(17-21)25-16-22(36-5)13-14-26(25)37-6/h9-14,16,19-21H,7-8,15,17-18H2,1-6H3. The largest absolute Gasteiger partial charge is 0.497 e. The predicted octanol–water partition coefficient (Wildman–Crippen LogP) is 5.00. The molecular weight excluding hydrogens is 468 g/mol. The summed E-state index contributed by atoms with van der Waals surface area (Å²) < 4.78 is 12.9. The number of anilines is 1. The highest BCUT2D eigenvalue weighted by atomic mass is 16.5. The van der Waals surface area contributed by atoms with Gasteiger partial charge in [0.05, 0.1) is 30.9 Å². The van der Waals surface area contributed by atoms with E-state index in [1.807, 2.05) is 45.9 Å². The second kappa shape index (κ2) is 11.2. The Hall–Kier alpha value is -3.55. The van der Waals surface area contributed by atoms with Crippen LogP contribution in [0, 0.1) is 0 Å². The maximum absolute atomic E-state index is 13.7. The topological polar surface area (TPSA) is 76.9 Å². The minimum absolute atomic E-state index is 0.0117. The van der Waals surface area contributed by atoms with E-state index in [-0.39, 0.29) is 36.4 Å². The second-order valence-electron chi connectivity index (χ2n) is 9.80. The van der Waals surface area contributed by atoms with Gasteiger partial charge >= 0.3 is 0 Å². The van der Waals surface area contributed by atoms with Gasteiger partial charge in [-0.2, -0.15) is 0 Å². The monoisotopic (exact) mass is 506 g/mol. The molecule has 8 heteroatoms. The molecule has 0 N–H and O–H groups in total. The van der Waals surface area contributed by atoms with Gasteiger partial charge in [-0.25, -0.2) is 4.98 Å². The first-order valence-electron chi connectivity index (χ1n) is 13.1. The van der Waals surface area contributed by atoms with E-state index >= 15 is 0 Å². The summed E-state index contributed by atoms with van der Waals surface area (Å²) in [7, 11) is 3.19. The molecule has 0 aliphatic carbocycles. The number of amides is 2. The first-order chi connectivity index (χ1) is 17.8. The Kier molecular flexibility index (Phi) is 8.05. The van der Waals surface area contributed by atoms with Crippen LogP contribution in [0.1, 0.15) is 58.7 Å². The average molecular weight is 507 g/mol. The number of benzene rings is 2. The molecule has 2 aromatic carbocycles. The van der Waals surface area contributed by atoms with Crippen molar-refractivity contribution in [2.24, 2.45) is 0 Å². The van der Waals surface area contributed by atoms with Crippen molar-refractivity contribution >= 4 is 28.5 Å². The highest BCUT2D eigenvalue weighted by Crippen LogP contribution is 2.39. The molecule has 1 aliphatic rings. The molecule has 1 aromatic heterocycles. The van der Waals surface area contributed by atoms with Gasteiger partial charge in [-0.05, 0) is 51.0 Å². The van der Waals surface area contributed by atoms with E-state index < -0.39 is 0 Å². The van der Waals surface area contributed by atoms with Gasteiger partial charge in [0, 0.05) is 37.0 Å². The number of carbonyl (C=O) groups excluding carboxylic acids is 2. The fraction of sp³-hybridized carbons (Fsp3) is 0.483. The Balaban J connectivity index is 1.70. The molecule has 0 bridgehead atoms. The highest BCUT2D eigenvalue weighted by molar-refractivity contribution is 5.98. The minimum atomic E-state index is -0.163. The van der Waals surface area contributed by atoms with Gasteiger partial charge in [0.2, 0.25) is 11.8 Å². The van der Waals surface area contributed by atoms with E-state index in [0.717, 1.165) is 29.7 Å². The molecule has 1 aliphatic heterocycles. The van der Waals surface area contributed by atoms with Crippen LogP contribution < -0.4 is 14.4 Å². The number of carbonyl (C=O) groups is 2. The summed E-state index contributed by atoms with van der Waals surface area (Å²) in [5.74, 6) is 1.92. The summed E-state index contributed by atoms with van der Waals surface area (Å²) in [5.41, 5.74) is 2.41. The molecule has 2 heterocycles. The summed E-state index contributed by atoms with van der Waals surface area (Å²) >= 11 is 0. The zero-order valence-electron chi connectivity index (χ0n) is 22.7. The molecule has 4 rings (SSSR count). The zero-order chi connectivity index (χ0) is 26.7. The van der Waals surface area contributed by atoms with Crippen LogP contribution in [0.3, 0.4) is 0 Å². The van der Waals surface area contributed by atoms with Gasteiger partial charge in [-0.3, -0.25) is 9.59 Å². The molecule has 3 unspecified atom stereocenters. The summed E-state index contributed by atoms with van der Waals surface area (Å²) in [6.07, 6.45) is 2.09. The third-order valence-electron chi connectivity index (χ3n) is 7.56. The summed E-state index contributed by atoms with van der Waals surface area (Å²) in [5, 5.41) is 0. The Morgan fingerprint density at radius 1 is 1.08 bits per heavy atom. The summed E-state index contributed by atoms with van der Waals surface area (Å²) in [4.78, 5) is 35.6. The van der Waals surface area contributed by atoms with Crippen molar-refractivity contribution in [3.63, 3.8) is 0 Å². The van der Waals surface area contributed by atoms with Crippen molar-refractivity contribution in [1.29, 1.82) is 0 Å². The first-order valence-corrected chi connectivity index (χ1v) is 13.1. The second-order valence-corrected chi connectivity index (χ2v) is 9.80. The lowest BCUT2D eigenvalue weighted by Gasteiger charge is -2.34. The molecule has 3 aromatic rings. The predicted molar refractivity (Wildman–Crippen MR) is 145 cm³/mol. The Morgan fingerprint density at radius 3 is 2.43 bits per heavy atom. The van der Waals surface area contributed by atoms with Crippen LogP contribution >= 0.6 is 0 Å². The molecule has 0 saturated carbocycles. The van der Waals surface area contributed by atoms with E-state index in [9.17, 15) is 9.59 Å². The van der Waals surface area contributed by atoms with Crippen LogP contribution in [-0.4, -0.2) is 59.1 Å². The van der Waals surface area contributed by atoms with Gasteiger partial charge in [-0.1, -0.05) is 26.0 Å². The lowest BCUT2D eigenvalue weighted by molar-refractivity contribution is -0.136. The number of rotatable bonds is 10. The number of hydrogen-bond acceptors (Lipinski definition) is 5. The normalized spacial score (nSPS) is 17.2. The fourth-order valence-corrected chi connectivity index (χ4v) is 5.23. The number of hydrogen-bond donors (Lipinski definition) is 0. The van der Waals surface area contributed by atoms with E-state index in [1.54, 1.807) is 25.2 Å². The molecule has 37 heavy (non-hydrogen) atoms. The van der Waals surface area contributed by atoms with Gasteiger partial charge in [0.25, 0.3) is 0 Å². The summed E-state index contributed by atoms with van der Waals surface area (Å²) in [6, 6.07) is 13.6. The Bertz CT molecular complexity index is 1260. The van der Waals surface area contributed by atoms with Gasteiger partial charge < -0.3 is 23.8 Å². The van der Waals surface area contributed by atoms with Gasteiger partial charge in [0.1, 0.15) is 23.9 Å². The maximum atomic E-state index is 13.7. The van der Waals surface area contributed by atoms with Crippen LogP contribution in [0.4, 0.5) is 5.69 Å². The summed E-state index contributed by atoms with van der Waals surface area (Å²) in [6.45, 7) is 9.06. The Labute approximate surface area is 219 Å². The fourth-order valence-electron chi connectivity index (χ4n) is 5.23. The number of ether oxygens (including phenoxy) is 2. The van der Waals surface area contributed by atoms with Gasteiger partial charge in [0.15, 0.2) is 0 Å². The quantitative estimate of drug-likeness (QED) is 0.387. The van der Waals surface area contributed by atoms with Crippen LogP contribution in [-0.2, 0) is 16.1 Å². The molecule has 1 fully saturated rings. The van der Waals surface area contributed by atoms with E-state index in [1.165, 1.54) is 0 Å². The van der Waals surface area contributed by atoms with Gasteiger partial charge in [-0.15, -0.1) is 0 Å². The third-order valence-corrected chi connectivity index (χ3v) is 7.56. The number of fused-ring (bicyclic) bond motifs is 1. The molecule has 198 valence electrons. The lowest BCUT2D eigenvalue weighted by atomic mass is 10.1. The highest BCUT2D eigenvalue weighted by Gasteiger charge is 2.37. The molecule has 0 radical (unpaired) electrons. The molecule has 0 spiro atoms. The molecule has 8 nitrogen and oxygen atoms in total. The van der Waals surface area contributed by atoms with Crippen molar-refractivity contribution in [1.82, 2.24) is 14.5 Å². The maximum Gasteiger partial charge on any atom is 0.243 e. The lowest BCUT2D eigenvalue weighted by Crippen LogP contribution is -2.46. The van der Waals surface area contributed by atoms with Crippen molar-refractivity contribution in [2.45, 2.75) is 71.5 Å². The van der Waals surface area contributed by atoms with Crippen molar-refractivity contribution in [3.05, 3.63) is 48.3 Å². The Morgan fingerprint density at radius 2 is 1.78 bits per heavy atom. The molecule has 2 amide bonds. The molecule has 3 atom stereocenters. The van der Waals surface area contributed by atoms with Crippen LogP contribution in [0.5, 0.6) is 11.5 Å². The number of nitrogens with zero attached hydrogens (tertiary/aromatic N) is 4. The SMILES string of the molecule is CCC(C)N(C(=O)Cn1c(C2CC(=O)N(c3cc(OC)ccc3OC)C2)nc2ccccc21)C(C)CC. The van der Waals surface area contributed by atoms with E-state index in [0.29, 0.717) is 30.2 Å². The molecular formula is C29H38N4O4. The number of aromatic nitrogens is 2. The number of methoxy groups -OCH3 is 2. The minimum Gasteiger partial charge on any atom is -0.497 e. The van der Waals surface area contributed by atoms with Crippen LogP contribution in [0.15, 0.2) is 42.5 Å². The zero-order valence-corrected chi connectivity index (χ0v) is 22.7. The van der Waals surface area contributed by atoms with E-state index in [4.69, 9.17) is 14.5 Å². The average Bonchev–Trinajstić information content (AvgIpc) is 3.48. The third kappa shape index (κ3) is 5.15. The van der Waals surface area contributed by atoms with Crippen molar-refractivity contribution in [2.75, 3.05) is 25.7 Å². The number of para-hydroxylation sites is 2. The number of imidazole rings is 1.